The van der Waals surface area contributed by atoms with Crippen LogP contribution in [0.25, 0.3) is 0 Å². The number of carbonyl (C=O) groups is 2. The summed E-state index contributed by atoms with van der Waals surface area (Å²) in [4.78, 5) is 26.4. The molecule has 6 heteroatoms. The lowest BCUT2D eigenvalue weighted by Crippen LogP contribution is -2.46. The van der Waals surface area contributed by atoms with E-state index < -0.39 is 0 Å². The van der Waals surface area contributed by atoms with Gasteiger partial charge in [-0.05, 0) is 46.8 Å². The van der Waals surface area contributed by atoms with Gasteiger partial charge in [-0.2, -0.15) is 0 Å². The third kappa shape index (κ3) is 4.54. The molecule has 2 rings (SSSR count). The van der Waals surface area contributed by atoms with Crippen molar-refractivity contribution in [3.8, 4) is 0 Å². The quantitative estimate of drug-likeness (QED) is 0.881. The van der Waals surface area contributed by atoms with E-state index in [2.05, 4.69) is 28.2 Å². The van der Waals surface area contributed by atoms with E-state index in [0.717, 1.165) is 10.2 Å². The summed E-state index contributed by atoms with van der Waals surface area (Å²) in [5, 5.41) is 3.07. The Morgan fingerprint density at radius 3 is 2.71 bits per heavy atom. The van der Waals surface area contributed by atoms with Crippen molar-refractivity contribution in [1.82, 2.24) is 10.2 Å². The third-order valence-electron chi connectivity index (χ3n) is 3.97. The molecule has 1 saturated carbocycles. The Morgan fingerprint density at radius 1 is 1.38 bits per heavy atom. The molecule has 1 aliphatic rings. The predicted molar refractivity (Wildman–Crippen MR) is 88.5 cm³/mol. The van der Waals surface area contributed by atoms with Gasteiger partial charge in [-0.1, -0.05) is 19.8 Å². The molecule has 1 N–H and O–H groups in total. The number of nitrogens with one attached hydrogen (secondary N) is 1. The maximum Gasteiger partial charge on any atom is 0.264 e. The molecule has 0 radical (unpaired) electrons. The van der Waals surface area contributed by atoms with E-state index in [9.17, 15) is 9.59 Å². The lowest BCUT2D eigenvalue weighted by atomic mass is 9.86. The molecule has 0 saturated heterocycles. The maximum absolute atomic E-state index is 12.2. The second-order valence-electron chi connectivity index (χ2n) is 5.70. The van der Waals surface area contributed by atoms with Crippen molar-refractivity contribution < 1.29 is 9.59 Å². The molecule has 116 valence electrons. The fraction of sp³-hybridized carbons (Fsp3) is 0.600. The SMILES string of the molecule is CC1CCCCC1NC(=O)CN(C)C(=O)c1ccc(Br)s1. The van der Waals surface area contributed by atoms with Gasteiger partial charge in [0, 0.05) is 13.1 Å². The zero-order chi connectivity index (χ0) is 15.4. The summed E-state index contributed by atoms with van der Waals surface area (Å²) in [6.45, 7) is 2.29. The van der Waals surface area contributed by atoms with E-state index in [1.165, 1.54) is 35.5 Å². The van der Waals surface area contributed by atoms with Crippen LogP contribution < -0.4 is 5.32 Å². The average molecular weight is 373 g/mol. The fourth-order valence-corrected chi connectivity index (χ4v) is 4.07. The van der Waals surface area contributed by atoms with E-state index in [1.54, 1.807) is 13.1 Å². The molecule has 0 bridgehead atoms. The fourth-order valence-electron chi connectivity index (χ4n) is 2.69. The third-order valence-corrected chi connectivity index (χ3v) is 5.58. The standard InChI is InChI=1S/C15H21BrN2O2S/c1-10-5-3-4-6-11(10)17-14(19)9-18(2)15(20)12-7-8-13(16)21-12/h7-8,10-11H,3-6,9H2,1-2H3,(H,17,19). The second-order valence-corrected chi connectivity index (χ2v) is 8.16. The normalized spacial score (nSPS) is 21.9. The average Bonchev–Trinajstić information content (AvgIpc) is 2.87. The first-order chi connectivity index (χ1) is 9.97. The van der Waals surface area contributed by atoms with Gasteiger partial charge in [0.15, 0.2) is 0 Å². The minimum Gasteiger partial charge on any atom is -0.352 e. The molecule has 0 spiro atoms. The van der Waals surface area contributed by atoms with Crippen LogP contribution in [0.3, 0.4) is 0 Å². The minimum atomic E-state index is -0.113. The minimum absolute atomic E-state index is 0.0692. The van der Waals surface area contributed by atoms with Crippen molar-refractivity contribution in [2.75, 3.05) is 13.6 Å². The van der Waals surface area contributed by atoms with Gasteiger partial charge in [0.05, 0.1) is 15.2 Å². The Bertz CT molecular complexity index is 518. The van der Waals surface area contributed by atoms with Crippen molar-refractivity contribution in [3.05, 3.63) is 20.8 Å². The number of halogens is 1. The topological polar surface area (TPSA) is 49.4 Å². The van der Waals surface area contributed by atoms with Crippen molar-refractivity contribution in [2.45, 2.75) is 38.6 Å². The number of rotatable bonds is 4. The zero-order valence-corrected chi connectivity index (χ0v) is 14.8. The number of carbonyl (C=O) groups excluding carboxylic acids is 2. The van der Waals surface area contributed by atoms with Gasteiger partial charge < -0.3 is 10.2 Å². The smallest absolute Gasteiger partial charge is 0.264 e. The Balaban J connectivity index is 1.85. The Hall–Kier alpha value is -0.880. The summed E-state index contributed by atoms with van der Waals surface area (Å²) in [6.07, 6.45) is 4.64. The first-order valence-electron chi connectivity index (χ1n) is 7.27. The molecule has 1 aromatic rings. The van der Waals surface area contributed by atoms with Gasteiger partial charge in [-0.25, -0.2) is 0 Å². The number of nitrogens with zero attached hydrogens (tertiary/aromatic N) is 1. The Kier molecular flexibility index (Phi) is 5.81. The van der Waals surface area contributed by atoms with Gasteiger partial charge in [-0.15, -0.1) is 11.3 Å². The van der Waals surface area contributed by atoms with Crippen LogP contribution in [-0.2, 0) is 4.79 Å². The molecule has 2 atom stereocenters. The number of thiophene rings is 1. The first-order valence-corrected chi connectivity index (χ1v) is 8.88. The monoisotopic (exact) mass is 372 g/mol. The number of hydrogen-bond donors (Lipinski definition) is 1. The number of hydrogen-bond acceptors (Lipinski definition) is 3. The highest BCUT2D eigenvalue weighted by Crippen LogP contribution is 2.24. The molecule has 1 aromatic heterocycles. The summed E-state index contributed by atoms with van der Waals surface area (Å²) in [6, 6.07) is 3.87. The van der Waals surface area contributed by atoms with E-state index >= 15 is 0 Å². The van der Waals surface area contributed by atoms with Crippen molar-refractivity contribution >= 4 is 39.1 Å². The van der Waals surface area contributed by atoms with Crippen LogP contribution in [0, 0.1) is 5.92 Å². The summed E-state index contributed by atoms with van der Waals surface area (Å²) < 4.78 is 0.916. The summed E-state index contributed by atoms with van der Waals surface area (Å²) >= 11 is 4.72. The van der Waals surface area contributed by atoms with Crippen molar-refractivity contribution in [2.24, 2.45) is 5.92 Å². The highest BCUT2D eigenvalue weighted by atomic mass is 79.9. The molecule has 1 fully saturated rings. The lowest BCUT2D eigenvalue weighted by molar-refractivity contribution is -0.122. The van der Waals surface area contributed by atoms with E-state index in [0.29, 0.717) is 10.8 Å². The van der Waals surface area contributed by atoms with Crippen LogP contribution in [0.15, 0.2) is 15.9 Å². The van der Waals surface area contributed by atoms with Crippen LogP contribution in [0.5, 0.6) is 0 Å². The highest BCUT2D eigenvalue weighted by Gasteiger charge is 2.24. The van der Waals surface area contributed by atoms with Gasteiger partial charge in [0.25, 0.3) is 5.91 Å². The summed E-state index contributed by atoms with van der Waals surface area (Å²) in [7, 11) is 1.67. The van der Waals surface area contributed by atoms with Crippen LogP contribution in [0.2, 0.25) is 0 Å². The van der Waals surface area contributed by atoms with Gasteiger partial charge in [0.1, 0.15) is 0 Å². The molecule has 4 nitrogen and oxygen atoms in total. The molecule has 0 aliphatic heterocycles. The Labute approximate surface area is 138 Å². The van der Waals surface area contributed by atoms with Crippen LogP contribution in [0.1, 0.15) is 42.3 Å². The molecule has 21 heavy (non-hydrogen) atoms. The summed E-state index contributed by atoms with van der Waals surface area (Å²) in [5.41, 5.74) is 0. The van der Waals surface area contributed by atoms with Gasteiger partial charge in [0.2, 0.25) is 5.91 Å². The first kappa shape index (κ1) is 16.5. The zero-order valence-electron chi connectivity index (χ0n) is 12.4. The van der Waals surface area contributed by atoms with Gasteiger partial charge >= 0.3 is 0 Å². The summed E-state index contributed by atoms with van der Waals surface area (Å²) in [5.74, 6) is 0.342. The lowest BCUT2D eigenvalue weighted by Gasteiger charge is -2.30. The van der Waals surface area contributed by atoms with E-state index in [4.69, 9.17) is 0 Å². The van der Waals surface area contributed by atoms with Crippen LogP contribution in [0.4, 0.5) is 0 Å². The van der Waals surface area contributed by atoms with Crippen molar-refractivity contribution in [3.63, 3.8) is 0 Å². The number of amides is 2. The van der Waals surface area contributed by atoms with Gasteiger partial charge in [-0.3, -0.25) is 9.59 Å². The molecular formula is C15H21BrN2O2S. The highest BCUT2D eigenvalue weighted by molar-refractivity contribution is 9.11. The molecule has 2 amide bonds. The van der Waals surface area contributed by atoms with Crippen LogP contribution >= 0.6 is 27.3 Å². The second kappa shape index (κ2) is 7.40. The van der Waals surface area contributed by atoms with E-state index in [-0.39, 0.29) is 24.4 Å². The van der Waals surface area contributed by atoms with E-state index in [1.807, 2.05) is 6.07 Å². The Morgan fingerprint density at radius 2 is 2.10 bits per heavy atom. The largest absolute Gasteiger partial charge is 0.352 e. The van der Waals surface area contributed by atoms with Crippen molar-refractivity contribution in [1.29, 1.82) is 0 Å². The maximum atomic E-state index is 12.2. The molecule has 1 heterocycles. The van der Waals surface area contributed by atoms with Crippen LogP contribution in [-0.4, -0.2) is 36.3 Å². The molecule has 2 unspecified atom stereocenters. The molecule has 1 aliphatic carbocycles. The predicted octanol–water partition coefficient (Wildman–Crippen LogP) is 3.28. The molecule has 0 aromatic carbocycles. The number of likely N-dealkylation sites (N-methyl/N-ethyl adjacent to an activating group) is 1. The molecular weight excluding hydrogens is 352 g/mol.